The summed E-state index contributed by atoms with van der Waals surface area (Å²) in [6.07, 6.45) is 0. The molecule has 0 amide bonds. The average molecular weight is 989 g/mol. The van der Waals surface area contributed by atoms with E-state index in [-0.39, 0.29) is 23.2 Å². The molecule has 0 saturated carbocycles. The van der Waals surface area contributed by atoms with E-state index < -0.39 is 5.97 Å². The van der Waals surface area contributed by atoms with Gasteiger partial charge in [-0.2, -0.15) is 0 Å². The third-order valence-corrected chi connectivity index (χ3v) is 11.2. The molecule has 6 aromatic carbocycles. The van der Waals surface area contributed by atoms with E-state index >= 15 is 0 Å². The number of carbonyl (C=O) groups is 2. The second-order valence-corrected chi connectivity index (χ2v) is 16.5. The summed E-state index contributed by atoms with van der Waals surface area (Å²) >= 11 is 7.10. The van der Waals surface area contributed by atoms with Crippen molar-refractivity contribution in [3.63, 3.8) is 0 Å². The van der Waals surface area contributed by atoms with Crippen LogP contribution in [0.4, 0.5) is 8.78 Å². The minimum Gasteiger partial charge on any atom is -0.488 e. The molecule has 8 rings (SSSR count). The normalized spacial score (nSPS) is 10.8. The van der Waals surface area contributed by atoms with Gasteiger partial charge in [0.15, 0.2) is 0 Å². The molecular formula is C52H42Br2F2N2O6. The minimum atomic E-state index is -0.973. The molecule has 2 aromatic heterocycles. The van der Waals surface area contributed by atoms with Crippen LogP contribution in [-0.2, 0) is 18.0 Å². The van der Waals surface area contributed by atoms with Crippen molar-refractivity contribution in [2.75, 3.05) is 6.61 Å². The number of ether oxygens (including phenoxy) is 3. The summed E-state index contributed by atoms with van der Waals surface area (Å²) in [5.41, 5.74) is 9.55. The van der Waals surface area contributed by atoms with Crippen molar-refractivity contribution in [2.24, 2.45) is 0 Å². The van der Waals surface area contributed by atoms with Crippen LogP contribution in [-0.4, -0.2) is 32.8 Å². The number of aromatic carboxylic acids is 1. The first-order valence-corrected chi connectivity index (χ1v) is 21.8. The molecule has 0 unspecified atom stereocenters. The molecule has 0 atom stereocenters. The Morgan fingerprint density at radius 2 is 1.00 bits per heavy atom. The van der Waals surface area contributed by atoms with E-state index in [1.54, 1.807) is 55.5 Å². The third kappa shape index (κ3) is 10.9. The number of hydrogen-bond acceptors (Lipinski definition) is 5. The predicted molar refractivity (Wildman–Crippen MR) is 252 cm³/mol. The maximum atomic E-state index is 13.2. The van der Waals surface area contributed by atoms with E-state index in [0.29, 0.717) is 36.9 Å². The van der Waals surface area contributed by atoms with Crippen LogP contribution in [0.3, 0.4) is 0 Å². The molecule has 0 aliphatic rings. The standard InChI is InChI=1S/C27H23BrFNO3.C25H19BrFNO3/c1-3-32-27(31)20-5-4-6-23(15-20)30-18(2)7-13-25(30)24-16-21(28)10-14-26(24)33-17-19-8-11-22(29)12-9-19;1-16-5-11-23(28(16)21-4-2-3-18(13-21)25(29)30)22-14-19(26)8-12-24(22)31-15-17-6-9-20(27)10-7-17/h4-16H,3,17H2,1-2H3;2-14H,15H2,1H3,(H,29,30). The van der Waals surface area contributed by atoms with Crippen molar-refractivity contribution in [1.82, 2.24) is 9.13 Å². The Bertz CT molecular complexity index is 2930. The van der Waals surface area contributed by atoms with Gasteiger partial charge in [-0.25, -0.2) is 18.4 Å². The number of esters is 1. The Morgan fingerprint density at radius 1 is 0.562 bits per heavy atom. The summed E-state index contributed by atoms with van der Waals surface area (Å²) in [6, 6.07) is 46.2. The molecule has 0 aliphatic heterocycles. The monoisotopic (exact) mass is 986 g/mol. The zero-order chi connectivity index (χ0) is 45.3. The van der Waals surface area contributed by atoms with Crippen molar-refractivity contribution < 1.29 is 37.7 Å². The zero-order valence-electron chi connectivity index (χ0n) is 35.0. The molecule has 0 radical (unpaired) electrons. The van der Waals surface area contributed by atoms with Gasteiger partial charge in [0.05, 0.1) is 29.1 Å². The zero-order valence-corrected chi connectivity index (χ0v) is 38.2. The van der Waals surface area contributed by atoms with Gasteiger partial charge in [-0.1, -0.05) is 68.3 Å². The quantitative estimate of drug-likeness (QED) is 0.116. The molecule has 1 N–H and O–H groups in total. The largest absolute Gasteiger partial charge is 0.488 e. The van der Waals surface area contributed by atoms with Gasteiger partial charge in [-0.05, 0) is 153 Å². The fraction of sp³-hybridized carbons (Fsp3) is 0.115. The van der Waals surface area contributed by atoms with Gasteiger partial charge >= 0.3 is 11.9 Å². The van der Waals surface area contributed by atoms with Gasteiger partial charge in [0.25, 0.3) is 0 Å². The van der Waals surface area contributed by atoms with Crippen molar-refractivity contribution in [3.05, 3.63) is 212 Å². The van der Waals surface area contributed by atoms with Crippen LogP contribution in [0.5, 0.6) is 11.5 Å². The fourth-order valence-corrected chi connectivity index (χ4v) is 7.81. The van der Waals surface area contributed by atoms with Gasteiger partial charge in [-0.3, -0.25) is 0 Å². The van der Waals surface area contributed by atoms with Gasteiger partial charge in [0.1, 0.15) is 36.3 Å². The molecule has 324 valence electrons. The molecule has 64 heavy (non-hydrogen) atoms. The van der Waals surface area contributed by atoms with Gasteiger partial charge < -0.3 is 28.5 Å². The van der Waals surface area contributed by atoms with Crippen molar-refractivity contribution in [3.8, 4) is 45.4 Å². The first kappa shape index (κ1) is 45.3. The molecule has 2 heterocycles. The van der Waals surface area contributed by atoms with E-state index in [1.807, 2.05) is 103 Å². The highest BCUT2D eigenvalue weighted by Gasteiger charge is 2.18. The maximum Gasteiger partial charge on any atom is 0.338 e. The Labute approximate surface area is 386 Å². The lowest BCUT2D eigenvalue weighted by Gasteiger charge is -2.17. The second kappa shape index (κ2) is 20.6. The van der Waals surface area contributed by atoms with Crippen LogP contribution < -0.4 is 9.47 Å². The molecule has 8 nitrogen and oxygen atoms in total. The van der Waals surface area contributed by atoms with E-state index in [2.05, 4.69) is 36.4 Å². The number of benzene rings is 6. The number of nitrogens with zero attached hydrogens (tertiary/aromatic N) is 2. The smallest absolute Gasteiger partial charge is 0.338 e. The summed E-state index contributed by atoms with van der Waals surface area (Å²) in [5, 5.41) is 9.38. The highest BCUT2D eigenvalue weighted by molar-refractivity contribution is 9.10. The first-order chi connectivity index (χ1) is 30.9. The number of aryl methyl sites for hydroxylation is 2. The molecule has 8 aromatic rings. The summed E-state index contributed by atoms with van der Waals surface area (Å²) in [7, 11) is 0. The highest BCUT2D eigenvalue weighted by atomic mass is 79.9. The molecule has 0 aliphatic carbocycles. The van der Waals surface area contributed by atoms with Crippen molar-refractivity contribution in [2.45, 2.75) is 34.0 Å². The lowest BCUT2D eigenvalue weighted by molar-refractivity contribution is 0.0525. The topological polar surface area (TPSA) is 91.9 Å². The third-order valence-electron chi connectivity index (χ3n) is 10.2. The molecular weight excluding hydrogens is 946 g/mol. The second-order valence-electron chi connectivity index (χ2n) is 14.6. The van der Waals surface area contributed by atoms with E-state index in [1.165, 1.54) is 24.3 Å². The number of aromatic nitrogens is 2. The van der Waals surface area contributed by atoms with E-state index in [9.17, 15) is 23.5 Å². The number of carbonyl (C=O) groups excluding carboxylic acids is 1. The van der Waals surface area contributed by atoms with E-state index in [4.69, 9.17) is 14.2 Å². The number of hydrogen-bond donors (Lipinski definition) is 1. The Kier molecular flexibility index (Phi) is 14.6. The highest BCUT2D eigenvalue weighted by Crippen LogP contribution is 2.38. The summed E-state index contributed by atoms with van der Waals surface area (Å²) in [5.74, 6) is -0.522. The number of carboxylic acids is 1. The van der Waals surface area contributed by atoms with Gasteiger partial charge in [0, 0.05) is 42.8 Å². The number of carboxylic acid groups (broad SMARTS) is 1. The van der Waals surface area contributed by atoms with Crippen LogP contribution in [0, 0.1) is 25.5 Å². The molecule has 0 saturated heterocycles. The van der Waals surface area contributed by atoms with Crippen LogP contribution in [0.1, 0.15) is 50.2 Å². The van der Waals surface area contributed by atoms with Crippen LogP contribution in [0.15, 0.2) is 167 Å². The fourth-order valence-electron chi connectivity index (χ4n) is 7.09. The van der Waals surface area contributed by atoms with Gasteiger partial charge in [-0.15, -0.1) is 0 Å². The molecule has 0 bridgehead atoms. The van der Waals surface area contributed by atoms with E-state index in [0.717, 1.165) is 65.3 Å². The Morgan fingerprint density at radius 3 is 1.44 bits per heavy atom. The number of halogens is 4. The summed E-state index contributed by atoms with van der Waals surface area (Å²) < 4.78 is 49.7. The molecule has 0 spiro atoms. The maximum absolute atomic E-state index is 13.2. The minimum absolute atomic E-state index is 0.221. The Hall–Kier alpha value is -6.76. The summed E-state index contributed by atoms with van der Waals surface area (Å²) in [6.45, 7) is 6.70. The lowest BCUT2D eigenvalue weighted by Crippen LogP contribution is -2.07. The molecule has 12 heteroatoms. The van der Waals surface area contributed by atoms with Gasteiger partial charge in [0.2, 0.25) is 0 Å². The van der Waals surface area contributed by atoms with Crippen molar-refractivity contribution >= 4 is 43.8 Å². The SMILES string of the molecule is CCOC(=O)c1cccc(-n2c(C)ccc2-c2cc(Br)ccc2OCc2ccc(F)cc2)c1.Cc1ccc(-c2cc(Br)ccc2OCc2ccc(F)cc2)n1-c1cccc(C(=O)O)c1. The van der Waals surface area contributed by atoms with Crippen LogP contribution >= 0.6 is 31.9 Å². The molecule has 0 fully saturated rings. The van der Waals surface area contributed by atoms with Crippen LogP contribution in [0.2, 0.25) is 0 Å². The first-order valence-electron chi connectivity index (χ1n) is 20.2. The lowest BCUT2D eigenvalue weighted by atomic mass is 10.1. The average Bonchev–Trinajstić information content (AvgIpc) is 3.88. The van der Waals surface area contributed by atoms with Crippen molar-refractivity contribution in [1.29, 1.82) is 0 Å². The summed E-state index contributed by atoms with van der Waals surface area (Å²) in [4.78, 5) is 23.7. The predicted octanol–water partition coefficient (Wildman–Crippen LogP) is 13.7. The number of rotatable bonds is 13. The Balaban J connectivity index is 0.000000192. The van der Waals surface area contributed by atoms with Crippen LogP contribution in [0.25, 0.3) is 33.9 Å².